The molecule has 1 heterocycles. The highest BCUT2D eigenvalue weighted by molar-refractivity contribution is 5.37. The van der Waals surface area contributed by atoms with E-state index in [4.69, 9.17) is 9.47 Å². The summed E-state index contributed by atoms with van der Waals surface area (Å²) in [4.78, 5) is 0. The van der Waals surface area contributed by atoms with E-state index in [-0.39, 0.29) is 18.8 Å². The molecule has 1 saturated heterocycles. The highest BCUT2D eigenvalue weighted by Gasteiger charge is 2.56. The second kappa shape index (κ2) is 4.67. The van der Waals surface area contributed by atoms with Crippen molar-refractivity contribution in [3.63, 3.8) is 0 Å². The second-order valence-electron chi connectivity index (χ2n) is 4.83. The lowest BCUT2D eigenvalue weighted by Gasteiger charge is -2.26. The third-order valence-electron chi connectivity index (χ3n) is 3.47. The predicted molar refractivity (Wildman–Crippen MR) is 60.7 cm³/mol. The Balaban J connectivity index is 2.27. The van der Waals surface area contributed by atoms with E-state index in [1.807, 2.05) is 0 Å². The van der Waals surface area contributed by atoms with Crippen molar-refractivity contribution in [2.45, 2.75) is 31.0 Å². The van der Waals surface area contributed by atoms with Gasteiger partial charge in [0.25, 0.3) is 0 Å². The smallest absolute Gasteiger partial charge is 0.417 e. The highest BCUT2D eigenvalue weighted by atomic mass is 19.4. The van der Waals surface area contributed by atoms with Gasteiger partial charge < -0.3 is 9.47 Å². The zero-order valence-electron chi connectivity index (χ0n) is 10.6. The third-order valence-corrected chi connectivity index (χ3v) is 3.47. The number of ether oxygens (including phenoxy) is 2. The van der Waals surface area contributed by atoms with Crippen molar-refractivity contribution < 1.29 is 27.0 Å². The molecule has 1 aromatic carbocycles. The van der Waals surface area contributed by atoms with Gasteiger partial charge in [-0.3, -0.25) is 0 Å². The summed E-state index contributed by atoms with van der Waals surface area (Å²) in [6, 6.07) is 3.82. The quantitative estimate of drug-likeness (QED) is 0.769. The molecule has 1 aliphatic heterocycles. The monoisotopic (exact) mass is 278 g/mol. The van der Waals surface area contributed by atoms with Gasteiger partial charge in [0.2, 0.25) is 0 Å². The van der Waals surface area contributed by atoms with Crippen molar-refractivity contribution in [3.05, 3.63) is 29.6 Å². The molecule has 0 N–H and O–H groups in total. The zero-order valence-corrected chi connectivity index (χ0v) is 10.6. The molecule has 0 spiro atoms. The van der Waals surface area contributed by atoms with E-state index < -0.39 is 23.5 Å². The van der Waals surface area contributed by atoms with Gasteiger partial charge >= 0.3 is 6.18 Å². The minimum atomic E-state index is -4.42. The minimum absolute atomic E-state index is 0.0575. The summed E-state index contributed by atoms with van der Waals surface area (Å²) in [5.41, 5.74) is -1.62. The molecule has 0 aliphatic carbocycles. The van der Waals surface area contributed by atoms with Crippen molar-refractivity contribution in [1.82, 2.24) is 0 Å². The number of rotatable bonds is 2. The Bertz CT molecular complexity index is 472. The molecule has 1 aromatic rings. The first kappa shape index (κ1) is 14.1. The van der Waals surface area contributed by atoms with Gasteiger partial charge in [-0.2, -0.15) is 13.2 Å². The van der Waals surface area contributed by atoms with Gasteiger partial charge in [-0.05, 0) is 25.0 Å². The van der Waals surface area contributed by atoms with Crippen LogP contribution in [0, 0.1) is 5.82 Å². The lowest BCUT2D eigenvalue weighted by molar-refractivity contribution is -0.255. The number of alkyl halides is 3. The first-order chi connectivity index (χ1) is 8.77. The summed E-state index contributed by atoms with van der Waals surface area (Å²) in [5.74, 6) is -0.694. The SMILES string of the molecule is COc1cc(F)ccc1C1COC(C)(C(F)(F)F)C1. The van der Waals surface area contributed by atoms with Crippen LogP contribution in [-0.2, 0) is 4.74 Å². The number of hydrogen-bond acceptors (Lipinski definition) is 2. The molecule has 6 heteroatoms. The molecule has 0 amide bonds. The van der Waals surface area contributed by atoms with Gasteiger partial charge in [-0.15, -0.1) is 0 Å². The maximum atomic E-state index is 13.1. The van der Waals surface area contributed by atoms with Crippen molar-refractivity contribution in [2.75, 3.05) is 13.7 Å². The number of hydrogen-bond donors (Lipinski definition) is 0. The Hall–Kier alpha value is -1.30. The molecular formula is C13H14F4O2. The molecule has 2 atom stereocenters. The molecule has 1 aliphatic rings. The fraction of sp³-hybridized carbons (Fsp3) is 0.538. The maximum absolute atomic E-state index is 13.1. The Morgan fingerprint density at radius 2 is 2.05 bits per heavy atom. The lowest BCUT2D eigenvalue weighted by Crippen LogP contribution is -2.41. The van der Waals surface area contributed by atoms with Crippen LogP contribution in [-0.4, -0.2) is 25.5 Å². The maximum Gasteiger partial charge on any atom is 0.417 e. The van der Waals surface area contributed by atoms with Crippen LogP contribution in [0.2, 0.25) is 0 Å². The van der Waals surface area contributed by atoms with E-state index in [0.29, 0.717) is 5.56 Å². The molecule has 0 radical (unpaired) electrons. The molecular weight excluding hydrogens is 264 g/mol. The first-order valence-electron chi connectivity index (χ1n) is 5.81. The Morgan fingerprint density at radius 3 is 2.58 bits per heavy atom. The van der Waals surface area contributed by atoms with Gasteiger partial charge in [0.1, 0.15) is 11.6 Å². The van der Waals surface area contributed by atoms with E-state index in [1.54, 1.807) is 0 Å². The van der Waals surface area contributed by atoms with E-state index in [0.717, 1.165) is 6.92 Å². The molecule has 1 fully saturated rings. The average molecular weight is 278 g/mol. The average Bonchev–Trinajstić information content (AvgIpc) is 2.72. The standard InChI is InChI=1S/C13H14F4O2/c1-12(13(15,16)17)6-8(7-19-12)10-4-3-9(14)5-11(10)18-2/h3-5,8H,6-7H2,1-2H3. The van der Waals surface area contributed by atoms with Crippen LogP contribution >= 0.6 is 0 Å². The van der Waals surface area contributed by atoms with Gasteiger partial charge in [0, 0.05) is 12.0 Å². The molecule has 0 saturated carbocycles. The molecule has 106 valence electrons. The van der Waals surface area contributed by atoms with Crippen molar-refractivity contribution in [3.8, 4) is 5.75 Å². The summed E-state index contributed by atoms with van der Waals surface area (Å²) in [5, 5.41) is 0. The van der Waals surface area contributed by atoms with Gasteiger partial charge in [-0.25, -0.2) is 4.39 Å². The summed E-state index contributed by atoms with van der Waals surface area (Å²) < 4.78 is 61.6. The van der Waals surface area contributed by atoms with Crippen molar-refractivity contribution in [2.24, 2.45) is 0 Å². The summed E-state index contributed by atoms with van der Waals surface area (Å²) in [6.45, 7) is 0.973. The van der Waals surface area contributed by atoms with Gasteiger partial charge in [0.15, 0.2) is 5.60 Å². The van der Waals surface area contributed by atoms with E-state index in [2.05, 4.69) is 0 Å². The zero-order chi connectivity index (χ0) is 14.3. The minimum Gasteiger partial charge on any atom is -0.496 e. The predicted octanol–water partition coefficient (Wildman–Crippen LogP) is 3.66. The van der Waals surface area contributed by atoms with Crippen molar-refractivity contribution in [1.29, 1.82) is 0 Å². The summed E-state index contributed by atoms with van der Waals surface area (Å²) in [7, 11) is 1.36. The first-order valence-corrected chi connectivity index (χ1v) is 5.81. The van der Waals surface area contributed by atoms with E-state index in [1.165, 1.54) is 25.3 Å². The number of benzene rings is 1. The van der Waals surface area contributed by atoms with Crippen LogP contribution in [0.5, 0.6) is 5.75 Å². The number of halogens is 4. The Morgan fingerprint density at radius 1 is 1.37 bits per heavy atom. The van der Waals surface area contributed by atoms with Crippen LogP contribution in [0.4, 0.5) is 17.6 Å². The largest absolute Gasteiger partial charge is 0.496 e. The topological polar surface area (TPSA) is 18.5 Å². The van der Waals surface area contributed by atoms with Crippen molar-refractivity contribution >= 4 is 0 Å². The van der Waals surface area contributed by atoms with Crippen LogP contribution in [0.25, 0.3) is 0 Å². The molecule has 19 heavy (non-hydrogen) atoms. The van der Waals surface area contributed by atoms with E-state index in [9.17, 15) is 17.6 Å². The number of methoxy groups -OCH3 is 1. The van der Waals surface area contributed by atoms with Gasteiger partial charge in [-0.1, -0.05) is 6.07 Å². The van der Waals surface area contributed by atoms with Gasteiger partial charge in [0.05, 0.1) is 13.7 Å². The third kappa shape index (κ3) is 2.54. The highest BCUT2D eigenvalue weighted by Crippen LogP contribution is 2.47. The molecule has 2 unspecified atom stereocenters. The molecule has 2 rings (SSSR count). The molecule has 2 nitrogen and oxygen atoms in total. The second-order valence-corrected chi connectivity index (χ2v) is 4.83. The Labute approximate surface area is 108 Å². The van der Waals surface area contributed by atoms with Crippen LogP contribution in [0.1, 0.15) is 24.8 Å². The fourth-order valence-electron chi connectivity index (χ4n) is 2.29. The lowest BCUT2D eigenvalue weighted by atomic mass is 9.89. The fourth-order valence-corrected chi connectivity index (χ4v) is 2.29. The van der Waals surface area contributed by atoms with Crippen LogP contribution in [0.3, 0.4) is 0 Å². The molecule has 0 aromatic heterocycles. The van der Waals surface area contributed by atoms with Crippen LogP contribution in [0.15, 0.2) is 18.2 Å². The normalized spacial score (nSPS) is 27.6. The Kier molecular flexibility index (Phi) is 3.47. The van der Waals surface area contributed by atoms with E-state index >= 15 is 0 Å². The van der Waals surface area contributed by atoms with Crippen LogP contribution < -0.4 is 4.74 Å². The summed E-state index contributed by atoms with van der Waals surface area (Å²) >= 11 is 0. The molecule has 0 bridgehead atoms. The summed E-state index contributed by atoms with van der Waals surface area (Å²) in [6.07, 6.45) is -4.62.